The summed E-state index contributed by atoms with van der Waals surface area (Å²) in [6.07, 6.45) is 1.86. The average Bonchev–Trinajstić information content (AvgIpc) is 3.00. The summed E-state index contributed by atoms with van der Waals surface area (Å²) in [6, 6.07) is 6.05. The Morgan fingerprint density at radius 3 is 2.65 bits per heavy atom. The van der Waals surface area contributed by atoms with Gasteiger partial charge in [0.25, 0.3) is 5.91 Å². The minimum absolute atomic E-state index is 0.0133. The maximum atomic E-state index is 12.1. The number of anilines is 1. The Morgan fingerprint density at radius 2 is 2.04 bits per heavy atom. The number of carbonyl (C=O) groups is 1. The zero-order valence-electron chi connectivity index (χ0n) is 13.6. The SMILES string of the molecule is Cc1ccsc1C(=O)NCc1ccc(N2CCN(C)CC2)nc1. The van der Waals surface area contributed by atoms with Crippen LogP contribution in [0.25, 0.3) is 0 Å². The van der Waals surface area contributed by atoms with Crippen LogP contribution in [-0.2, 0) is 6.54 Å². The van der Waals surface area contributed by atoms with Gasteiger partial charge in [-0.15, -0.1) is 11.3 Å². The molecule has 1 fully saturated rings. The topological polar surface area (TPSA) is 48.5 Å². The maximum absolute atomic E-state index is 12.1. The number of thiophene rings is 1. The number of nitrogens with one attached hydrogen (secondary N) is 1. The van der Waals surface area contributed by atoms with E-state index >= 15 is 0 Å². The molecule has 0 unspecified atom stereocenters. The van der Waals surface area contributed by atoms with Crippen LogP contribution in [0.2, 0.25) is 0 Å². The van der Waals surface area contributed by atoms with Gasteiger partial charge in [-0.1, -0.05) is 6.07 Å². The molecule has 0 atom stereocenters. The minimum atomic E-state index is -0.0133. The molecule has 1 aliphatic rings. The van der Waals surface area contributed by atoms with Gasteiger partial charge < -0.3 is 15.1 Å². The first-order chi connectivity index (χ1) is 11.1. The van der Waals surface area contributed by atoms with E-state index in [1.807, 2.05) is 36.7 Å². The maximum Gasteiger partial charge on any atom is 0.261 e. The first kappa shape index (κ1) is 16.0. The molecule has 0 aliphatic carbocycles. The molecule has 0 aromatic carbocycles. The van der Waals surface area contributed by atoms with E-state index in [4.69, 9.17) is 0 Å². The van der Waals surface area contributed by atoms with E-state index in [1.165, 1.54) is 11.3 Å². The molecule has 1 amide bonds. The largest absolute Gasteiger partial charge is 0.354 e. The van der Waals surface area contributed by atoms with Crippen LogP contribution >= 0.6 is 11.3 Å². The van der Waals surface area contributed by atoms with Gasteiger partial charge >= 0.3 is 0 Å². The number of hydrogen-bond acceptors (Lipinski definition) is 5. The molecular weight excluding hydrogens is 308 g/mol. The molecule has 23 heavy (non-hydrogen) atoms. The number of rotatable bonds is 4. The molecule has 0 spiro atoms. The van der Waals surface area contributed by atoms with Crippen LogP contribution in [0, 0.1) is 6.92 Å². The zero-order valence-corrected chi connectivity index (χ0v) is 14.4. The van der Waals surface area contributed by atoms with Crippen LogP contribution in [0.15, 0.2) is 29.8 Å². The first-order valence-corrected chi connectivity index (χ1v) is 8.72. The lowest BCUT2D eigenvalue weighted by Crippen LogP contribution is -2.44. The van der Waals surface area contributed by atoms with Crippen LogP contribution in [-0.4, -0.2) is 49.0 Å². The smallest absolute Gasteiger partial charge is 0.261 e. The van der Waals surface area contributed by atoms with Crippen LogP contribution < -0.4 is 10.2 Å². The van der Waals surface area contributed by atoms with Crippen LogP contribution in [0.1, 0.15) is 20.8 Å². The quantitative estimate of drug-likeness (QED) is 0.933. The molecule has 6 heteroatoms. The summed E-state index contributed by atoms with van der Waals surface area (Å²) in [5, 5.41) is 4.90. The van der Waals surface area contributed by atoms with E-state index in [-0.39, 0.29) is 5.91 Å². The summed E-state index contributed by atoms with van der Waals surface area (Å²) >= 11 is 1.48. The summed E-state index contributed by atoms with van der Waals surface area (Å²) in [5.74, 6) is 1.00. The third-order valence-electron chi connectivity index (χ3n) is 4.16. The number of hydrogen-bond donors (Lipinski definition) is 1. The summed E-state index contributed by atoms with van der Waals surface area (Å²) in [4.78, 5) is 22.1. The highest BCUT2D eigenvalue weighted by Gasteiger charge is 2.15. The van der Waals surface area contributed by atoms with Gasteiger partial charge in [0.05, 0.1) is 4.88 Å². The van der Waals surface area contributed by atoms with Crippen molar-refractivity contribution in [2.45, 2.75) is 13.5 Å². The lowest BCUT2D eigenvalue weighted by molar-refractivity contribution is 0.0954. The number of pyridine rings is 1. The van der Waals surface area contributed by atoms with E-state index in [1.54, 1.807) is 0 Å². The number of carbonyl (C=O) groups excluding carboxylic acids is 1. The van der Waals surface area contributed by atoms with Gasteiger partial charge in [0.1, 0.15) is 5.82 Å². The molecule has 3 heterocycles. The fraction of sp³-hybridized carbons (Fsp3) is 0.412. The summed E-state index contributed by atoms with van der Waals surface area (Å²) in [6.45, 7) is 6.62. The van der Waals surface area contributed by atoms with Gasteiger partial charge in [-0.05, 0) is 42.6 Å². The van der Waals surface area contributed by atoms with E-state index in [0.29, 0.717) is 6.54 Å². The van der Waals surface area contributed by atoms with Crippen molar-refractivity contribution in [3.63, 3.8) is 0 Å². The molecule has 0 radical (unpaired) electrons. The molecule has 1 saturated heterocycles. The number of piperazine rings is 1. The average molecular weight is 330 g/mol. The second-order valence-electron chi connectivity index (χ2n) is 5.93. The molecule has 2 aromatic rings. The van der Waals surface area contributed by atoms with Crippen molar-refractivity contribution in [3.05, 3.63) is 45.8 Å². The van der Waals surface area contributed by atoms with Crippen LogP contribution in [0.3, 0.4) is 0 Å². The van der Waals surface area contributed by atoms with Crippen LogP contribution in [0.5, 0.6) is 0 Å². The predicted molar refractivity (Wildman–Crippen MR) is 94.2 cm³/mol. The van der Waals surface area contributed by atoms with Gasteiger partial charge in [0, 0.05) is 38.9 Å². The minimum Gasteiger partial charge on any atom is -0.354 e. The molecule has 0 bridgehead atoms. The Bertz CT molecular complexity index is 659. The van der Waals surface area contributed by atoms with Gasteiger partial charge in [-0.25, -0.2) is 4.98 Å². The molecule has 122 valence electrons. The fourth-order valence-corrected chi connectivity index (χ4v) is 3.45. The van der Waals surface area contributed by atoms with E-state index in [2.05, 4.69) is 27.1 Å². The van der Waals surface area contributed by atoms with Gasteiger partial charge in [0.2, 0.25) is 0 Å². The number of amides is 1. The van der Waals surface area contributed by atoms with Crippen molar-refractivity contribution in [2.75, 3.05) is 38.1 Å². The Hall–Kier alpha value is -1.92. The third-order valence-corrected chi connectivity index (χ3v) is 5.17. The Kier molecular flexibility index (Phi) is 4.93. The predicted octanol–water partition coefficient (Wildman–Crippen LogP) is 2.13. The molecule has 2 aromatic heterocycles. The van der Waals surface area contributed by atoms with Gasteiger partial charge in [0.15, 0.2) is 0 Å². The molecule has 5 nitrogen and oxygen atoms in total. The summed E-state index contributed by atoms with van der Waals surface area (Å²) in [5.41, 5.74) is 2.04. The molecular formula is C17H22N4OS. The third kappa shape index (κ3) is 3.89. The van der Waals surface area contributed by atoms with Gasteiger partial charge in [-0.2, -0.15) is 0 Å². The number of nitrogens with zero attached hydrogens (tertiary/aromatic N) is 3. The van der Waals surface area contributed by atoms with Gasteiger partial charge in [-0.3, -0.25) is 4.79 Å². The van der Waals surface area contributed by atoms with Crippen molar-refractivity contribution in [3.8, 4) is 0 Å². The lowest BCUT2D eigenvalue weighted by atomic mass is 10.2. The van der Waals surface area contributed by atoms with E-state index in [9.17, 15) is 4.79 Å². The highest BCUT2D eigenvalue weighted by Crippen LogP contribution is 2.16. The Morgan fingerprint density at radius 1 is 1.26 bits per heavy atom. The number of aryl methyl sites for hydroxylation is 1. The molecule has 0 saturated carbocycles. The second-order valence-corrected chi connectivity index (χ2v) is 6.85. The van der Waals surface area contributed by atoms with Crippen molar-refractivity contribution in [1.82, 2.24) is 15.2 Å². The highest BCUT2D eigenvalue weighted by atomic mass is 32.1. The normalized spacial score (nSPS) is 15.7. The van der Waals surface area contributed by atoms with Crippen molar-refractivity contribution < 1.29 is 4.79 Å². The fourth-order valence-electron chi connectivity index (χ4n) is 2.61. The monoisotopic (exact) mass is 330 g/mol. The van der Waals surface area contributed by atoms with Crippen LogP contribution in [0.4, 0.5) is 5.82 Å². The number of likely N-dealkylation sites (N-methyl/N-ethyl adjacent to an activating group) is 1. The highest BCUT2D eigenvalue weighted by molar-refractivity contribution is 7.12. The van der Waals surface area contributed by atoms with E-state index in [0.717, 1.165) is 48.0 Å². The first-order valence-electron chi connectivity index (χ1n) is 7.84. The van der Waals surface area contributed by atoms with E-state index < -0.39 is 0 Å². The van der Waals surface area contributed by atoms with Crippen molar-refractivity contribution in [2.24, 2.45) is 0 Å². The Labute approximate surface area is 140 Å². The number of aromatic nitrogens is 1. The lowest BCUT2D eigenvalue weighted by Gasteiger charge is -2.33. The molecule has 1 aliphatic heterocycles. The Balaban J connectivity index is 1.55. The zero-order chi connectivity index (χ0) is 16.2. The summed E-state index contributed by atoms with van der Waals surface area (Å²) in [7, 11) is 2.14. The summed E-state index contributed by atoms with van der Waals surface area (Å²) < 4.78 is 0. The molecule has 1 N–H and O–H groups in total. The molecule has 3 rings (SSSR count). The second kappa shape index (κ2) is 7.10. The van der Waals surface area contributed by atoms with Crippen molar-refractivity contribution in [1.29, 1.82) is 0 Å². The standard InChI is InChI=1S/C17H22N4OS/c1-13-5-10-23-16(13)17(22)19-12-14-3-4-15(18-11-14)21-8-6-20(2)7-9-21/h3-5,10-11H,6-9,12H2,1-2H3,(H,19,22). The van der Waals surface area contributed by atoms with Crippen molar-refractivity contribution >= 4 is 23.1 Å².